The van der Waals surface area contributed by atoms with Gasteiger partial charge in [0.2, 0.25) is 0 Å². The molecule has 0 aliphatic rings. The van der Waals surface area contributed by atoms with Crippen molar-refractivity contribution in [3.05, 3.63) is 53.1 Å². The van der Waals surface area contributed by atoms with Gasteiger partial charge in [0.15, 0.2) is 0 Å². The fourth-order valence-electron chi connectivity index (χ4n) is 2.24. The molecule has 1 aromatic carbocycles. The number of nitrogens with two attached hydrogens (primary N) is 1. The van der Waals surface area contributed by atoms with Crippen molar-refractivity contribution < 1.29 is 0 Å². The van der Waals surface area contributed by atoms with Crippen LogP contribution in [0.2, 0.25) is 0 Å². The van der Waals surface area contributed by atoms with Crippen LogP contribution in [0, 0.1) is 22.7 Å². The number of thioether (sulfide) groups is 1. The zero-order chi connectivity index (χ0) is 17.5. The van der Waals surface area contributed by atoms with Gasteiger partial charge in [-0.15, -0.1) is 0 Å². The van der Waals surface area contributed by atoms with Crippen molar-refractivity contribution in [1.29, 1.82) is 10.5 Å². The van der Waals surface area contributed by atoms with Crippen molar-refractivity contribution in [2.24, 2.45) is 0 Å². The van der Waals surface area contributed by atoms with Gasteiger partial charge in [0.05, 0.1) is 11.1 Å². The van der Waals surface area contributed by atoms with Crippen LogP contribution in [0.1, 0.15) is 28.4 Å². The second-order valence-corrected chi connectivity index (χ2v) is 6.80. The largest absolute Gasteiger partial charge is 0.383 e. The lowest BCUT2D eigenvalue weighted by atomic mass is 10.1. The summed E-state index contributed by atoms with van der Waals surface area (Å²) in [7, 11) is 4.07. The van der Waals surface area contributed by atoms with Gasteiger partial charge < -0.3 is 10.6 Å². The van der Waals surface area contributed by atoms with Crippen LogP contribution in [0.25, 0.3) is 0 Å². The van der Waals surface area contributed by atoms with Gasteiger partial charge in [-0.05, 0) is 38.7 Å². The Morgan fingerprint density at radius 2 is 1.83 bits per heavy atom. The van der Waals surface area contributed by atoms with Crippen LogP contribution in [0.3, 0.4) is 0 Å². The highest BCUT2D eigenvalue weighted by Crippen LogP contribution is 2.39. The van der Waals surface area contributed by atoms with Gasteiger partial charge in [0.25, 0.3) is 0 Å². The van der Waals surface area contributed by atoms with Crippen molar-refractivity contribution in [3.8, 4) is 12.1 Å². The highest BCUT2D eigenvalue weighted by atomic mass is 32.2. The minimum Gasteiger partial charge on any atom is -0.383 e. The van der Waals surface area contributed by atoms with Crippen molar-refractivity contribution in [1.82, 2.24) is 9.88 Å². The standard InChI is InChI=1S/C18H19N5S/c1-23(2)9-8-16(13-6-4-3-5-7-13)24-18-15(12-20)10-14(11-19)17(21)22-18/h3-7,10,16H,8-9H2,1-2H3,(H2,21,22). The summed E-state index contributed by atoms with van der Waals surface area (Å²) in [6.07, 6.45) is 0.911. The Morgan fingerprint density at radius 3 is 2.42 bits per heavy atom. The number of benzene rings is 1. The summed E-state index contributed by atoms with van der Waals surface area (Å²) >= 11 is 1.52. The third-order valence-corrected chi connectivity index (χ3v) is 4.85. The maximum Gasteiger partial charge on any atom is 0.142 e. The first kappa shape index (κ1) is 17.8. The summed E-state index contributed by atoms with van der Waals surface area (Å²) in [6, 6.07) is 15.7. The molecule has 0 aliphatic heterocycles. The van der Waals surface area contributed by atoms with Gasteiger partial charge in [-0.3, -0.25) is 0 Å². The van der Waals surface area contributed by atoms with E-state index in [-0.39, 0.29) is 16.6 Å². The van der Waals surface area contributed by atoms with E-state index in [1.165, 1.54) is 23.4 Å². The molecule has 2 N–H and O–H groups in total. The number of aromatic nitrogens is 1. The number of nitrogens with zero attached hydrogens (tertiary/aromatic N) is 4. The number of hydrogen-bond acceptors (Lipinski definition) is 6. The number of rotatable bonds is 6. The molecule has 1 unspecified atom stereocenters. The second-order valence-electron chi connectivity index (χ2n) is 5.61. The molecule has 1 heterocycles. The third kappa shape index (κ3) is 4.48. The number of nitriles is 2. The summed E-state index contributed by atoms with van der Waals surface area (Å²) < 4.78 is 0. The summed E-state index contributed by atoms with van der Waals surface area (Å²) in [5.74, 6) is 0.165. The monoisotopic (exact) mass is 337 g/mol. The predicted molar refractivity (Wildman–Crippen MR) is 96.3 cm³/mol. The van der Waals surface area contributed by atoms with E-state index in [4.69, 9.17) is 11.0 Å². The Bertz CT molecular complexity index is 774. The Morgan fingerprint density at radius 1 is 1.17 bits per heavy atom. The molecule has 1 aromatic heterocycles. The van der Waals surface area contributed by atoms with Crippen molar-refractivity contribution in [2.75, 3.05) is 26.4 Å². The molecule has 0 bridgehead atoms. The van der Waals surface area contributed by atoms with Crippen LogP contribution in [0.15, 0.2) is 41.4 Å². The molecule has 0 aliphatic carbocycles. The molecule has 0 radical (unpaired) electrons. The van der Waals surface area contributed by atoms with Gasteiger partial charge in [0.1, 0.15) is 23.0 Å². The topological polar surface area (TPSA) is 89.7 Å². The molecule has 0 fully saturated rings. The number of nitrogen functional groups attached to an aromatic ring is 1. The van der Waals surface area contributed by atoms with Crippen molar-refractivity contribution in [3.63, 3.8) is 0 Å². The molecule has 24 heavy (non-hydrogen) atoms. The van der Waals surface area contributed by atoms with Gasteiger partial charge >= 0.3 is 0 Å². The molecule has 0 spiro atoms. The lowest BCUT2D eigenvalue weighted by Gasteiger charge is -2.19. The zero-order valence-corrected chi connectivity index (χ0v) is 14.5. The van der Waals surface area contributed by atoms with E-state index in [0.717, 1.165) is 13.0 Å². The first-order valence-corrected chi connectivity index (χ1v) is 8.40. The maximum atomic E-state index is 9.37. The summed E-state index contributed by atoms with van der Waals surface area (Å²) in [5.41, 5.74) is 7.63. The van der Waals surface area contributed by atoms with Gasteiger partial charge in [0, 0.05) is 5.25 Å². The molecule has 1 atom stereocenters. The van der Waals surface area contributed by atoms with Crippen LogP contribution in [-0.4, -0.2) is 30.5 Å². The maximum absolute atomic E-state index is 9.37. The number of anilines is 1. The molecule has 2 aromatic rings. The van der Waals surface area contributed by atoms with E-state index in [1.54, 1.807) is 0 Å². The molecule has 5 nitrogen and oxygen atoms in total. The lowest BCUT2D eigenvalue weighted by Crippen LogP contribution is -2.15. The molecule has 0 amide bonds. The Balaban J connectivity index is 2.34. The van der Waals surface area contributed by atoms with Crippen LogP contribution >= 0.6 is 11.8 Å². The minimum absolute atomic E-state index is 0.153. The molecule has 6 heteroatoms. The fraction of sp³-hybridized carbons (Fsp3) is 0.278. The fourth-order valence-corrected chi connectivity index (χ4v) is 3.41. The number of hydrogen-bond donors (Lipinski definition) is 1. The highest BCUT2D eigenvalue weighted by molar-refractivity contribution is 7.99. The molecule has 0 saturated heterocycles. The average Bonchev–Trinajstić information content (AvgIpc) is 2.59. The van der Waals surface area contributed by atoms with E-state index in [1.807, 2.05) is 38.4 Å². The SMILES string of the molecule is CN(C)CCC(Sc1nc(N)c(C#N)cc1C#N)c1ccccc1. The lowest BCUT2D eigenvalue weighted by molar-refractivity contribution is 0.398. The average molecular weight is 337 g/mol. The third-order valence-electron chi connectivity index (χ3n) is 3.52. The van der Waals surface area contributed by atoms with E-state index in [0.29, 0.717) is 10.6 Å². The molecular formula is C18H19N5S. The molecular weight excluding hydrogens is 318 g/mol. The smallest absolute Gasteiger partial charge is 0.142 e. The molecule has 0 saturated carbocycles. The van der Waals surface area contributed by atoms with Gasteiger partial charge in [-0.2, -0.15) is 10.5 Å². The normalized spacial score (nSPS) is 11.7. The van der Waals surface area contributed by atoms with Gasteiger partial charge in [-0.1, -0.05) is 42.1 Å². The zero-order valence-electron chi connectivity index (χ0n) is 13.7. The van der Waals surface area contributed by atoms with Crippen molar-refractivity contribution >= 4 is 17.6 Å². The Kier molecular flexibility index (Phi) is 6.20. The van der Waals surface area contributed by atoms with Crippen molar-refractivity contribution in [2.45, 2.75) is 16.7 Å². The summed E-state index contributed by atoms with van der Waals surface area (Å²) in [6.45, 7) is 0.917. The Labute approximate surface area is 146 Å². The highest BCUT2D eigenvalue weighted by Gasteiger charge is 2.18. The van der Waals surface area contributed by atoms with E-state index in [2.05, 4.69) is 28.1 Å². The number of pyridine rings is 1. The van der Waals surface area contributed by atoms with Crippen LogP contribution in [-0.2, 0) is 0 Å². The van der Waals surface area contributed by atoms with Crippen LogP contribution in [0.4, 0.5) is 5.82 Å². The summed E-state index contributed by atoms with van der Waals surface area (Å²) in [5, 5.41) is 19.1. The Hall–Kier alpha value is -2.54. The first-order chi connectivity index (χ1) is 11.5. The van der Waals surface area contributed by atoms with E-state index >= 15 is 0 Å². The minimum atomic E-state index is 0.153. The summed E-state index contributed by atoms with van der Waals surface area (Å²) in [4.78, 5) is 6.42. The van der Waals surface area contributed by atoms with E-state index < -0.39 is 0 Å². The molecule has 122 valence electrons. The van der Waals surface area contributed by atoms with Gasteiger partial charge in [-0.25, -0.2) is 4.98 Å². The predicted octanol–water partition coefficient (Wildman–Crippen LogP) is 3.19. The van der Waals surface area contributed by atoms with Crippen LogP contribution < -0.4 is 5.73 Å². The first-order valence-electron chi connectivity index (χ1n) is 7.52. The van der Waals surface area contributed by atoms with Crippen LogP contribution in [0.5, 0.6) is 0 Å². The second kappa shape index (κ2) is 8.35. The quantitative estimate of drug-likeness (QED) is 0.814. The van der Waals surface area contributed by atoms with E-state index in [9.17, 15) is 5.26 Å². The molecule has 2 rings (SSSR count).